The summed E-state index contributed by atoms with van der Waals surface area (Å²) in [5.74, 6) is 5.35. The van der Waals surface area contributed by atoms with E-state index in [1.807, 2.05) is 30.3 Å². The van der Waals surface area contributed by atoms with Crippen LogP contribution in [0.4, 0.5) is 5.00 Å². The number of nitrogens with one attached hydrogen (secondary N) is 1. The van der Waals surface area contributed by atoms with Gasteiger partial charge in [0.15, 0.2) is 5.16 Å². The first-order valence-electron chi connectivity index (χ1n) is 8.15. The van der Waals surface area contributed by atoms with Crippen LogP contribution in [0.5, 0.6) is 0 Å². The van der Waals surface area contributed by atoms with Crippen molar-refractivity contribution in [1.29, 1.82) is 0 Å². The first kappa shape index (κ1) is 19.0. The van der Waals surface area contributed by atoms with Crippen LogP contribution in [0.15, 0.2) is 53.1 Å². The summed E-state index contributed by atoms with van der Waals surface area (Å²) in [6, 6.07) is 11.3. The minimum atomic E-state index is -0.452. The van der Waals surface area contributed by atoms with Gasteiger partial charge >= 0.3 is 5.97 Å². The third-order valence-corrected chi connectivity index (χ3v) is 5.31. The number of imidazole rings is 1. The molecule has 9 heteroatoms. The Bertz CT molecular complexity index is 937. The van der Waals surface area contributed by atoms with Crippen molar-refractivity contribution in [3.8, 4) is 11.3 Å². The number of thioether (sulfide) groups is 1. The Balaban J connectivity index is 1.61. The number of amides is 1. The molecule has 140 valence electrons. The maximum atomic E-state index is 12.2. The van der Waals surface area contributed by atoms with Crippen LogP contribution in [0.3, 0.4) is 0 Å². The predicted molar refractivity (Wildman–Crippen MR) is 107 cm³/mol. The average Bonchev–Trinajstić information content (AvgIpc) is 3.27. The lowest BCUT2D eigenvalue weighted by Gasteiger charge is -2.06. The standard InChI is InChI=1S/C18H18N4O3S2/c1-2-25-17(24)13-8-9-26-16(13)21-15(23)11-27-18-20-14(10-22(18)19)12-6-4-3-5-7-12/h3-10H,2,11,19H2,1H3,(H,21,23). The average molecular weight is 403 g/mol. The first-order valence-corrected chi connectivity index (χ1v) is 10.0. The molecule has 2 aromatic heterocycles. The molecule has 0 aliphatic heterocycles. The molecule has 1 amide bonds. The van der Waals surface area contributed by atoms with Crippen molar-refractivity contribution in [1.82, 2.24) is 9.66 Å². The van der Waals surface area contributed by atoms with Gasteiger partial charge in [0.05, 0.1) is 29.8 Å². The van der Waals surface area contributed by atoms with Crippen LogP contribution in [0.2, 0.25) is 0 Å². The highest BCUT2D eigenvalue weighted by atomic mass is 32.2. The van der Waals surface area contributed by atoms with Crippen LogP contribution >= 0.6 is 23.1 Å². The van der Waals surface area contributed by atoms with Crippen LogP contribution in [-0.4, -0.2) is 33.9 Å². The van der Waals surface area contributed by atoms with Gasteiger partial charge < -0.3 is 15.9 Å². The van der Waals surface area contributed by atoms with E-state index in [-0.39, 0.29) is 18.3 Å². The van der Waals surface area contributed by atoms with Crippen molar-refractivity contribution in [3.63, 3.8) is 0 Å². The second kappa shape index (κ2) is 8.74. The van der Waals surface area contributed by atoms with Crippen LogP contribution in [0, 0.1) is 0 Å². The second-order valence-corrected chi connectivity index (χ2v) is 7.26. The monoisotopic (exact) mass is 402 g/mol. The fraction of sp³-hybridized carbons (Fsp3) is 0.167. The predicted octanol–water partition coefficient (Wildman–Crippen LogP) is 3.23. The van der Waals surface area contributed by atoms with Crippen LogP contribution in [-0.2, 0) is 9.53 Å². The summed E-state index contributed by atoms with van der Waals surface area (Å²) in [4.78, 5) is 28.6. The Labute approximate surface area is 164 Å². The van der Waals surface area contributed by atoms with Crippen LogP contribution in [0.25, 0.3) is 11.3 Å². The number of anilines is 1. The molecular weight excluding hydrogens is 384 g/mol. The number of ether oxygens (including phenoxy) is 1. The van der Waals surface area contributed by atoms with Gasteiger partial charge in [-0.15, -0.1) is 11.3 Å². The summed E-state index contributed by atoms with van der Waals surface area (Å²) in [5.41, 5.74) is 2.04. The van der Waals surface area contributed by atoms with Crippen molar-refractivity contribution in [2.45, 2.75) is 12.1 Å². The zero-order valence-electron chi connectivity index (χ0n) is 14.5. The Morgan fingerprint density at radius 1 is 1.30 bits per heavy atom. The molecule has 0 spiro atoms. The Morgan fingerprint density at radius 3 is 2.81 bits per heavy atom. The number of nitrogen functional groups attached to an aromatic ring is 1. The van der Waals surface area contributed by atoms with E-state index in [4.69, 9.17) is 10.6 Å². The first-order chi connectivity index (χ1) is 13.1. The fourth-order valence-electron chi connectivity index (χ4n) is 2.30. The van der Waals surface area contributed by atoms with E-state index in [1.54, 1.807) is 24.6 Å². The Morgan fingerprint density at radius 2 is 2.07 bits per heavy atom. The van der Waals surface area contributed by atoms with Gasteiger partial charge in [-0.2, -0.15) is 0 Å². The molecule has 3 aromatic rings. The lowest BCUT2D eigenvalue weighted by Crippen LogP contribution is -2.17. The number of rotatable bonds is 7. The molecule has 0 radical (unpaired) electrons. The quantitative estimate of drug-likeness (QED) is 0.358. The summed E-state index contributed by atoms with van der Waals surface area (Å²) in [6.07, 6.45) is 1.72. The molecule has 2 heterocycles. The largest absolute Gasteiger partial charge is 0.462 e. The van der Waals surface area contributed by atoms with Gasteiger partial charge in [-0.25, -0.2) is 14.5 Å². The Hall–Kier alpha value is -2.78. The van der Waals surface area contributed by atoms with Crippen molar-refractivity contribution >= 4 is 40.0 Å². The van der Waals surface area contributed by atoms with Crippen LogP contribution < -0.4 is 11.2 Å². The van der Waals surface area contributed by atoms with Crippen molar-refractivity contribution in [2.24, 2.45) is 0 Å². The number of nitrogens with zero attached hydrogens (tertiary/aromatic N) is 2. The van der Waals surface area contributed by atoms with E-state index in [0.717, 1.165) is 11.3 Å². The maximum Gasteiger partial charge on any atom is 0.341 e. The van der Waals surface area contributed by atoms with Crippen LogP contribution in [0.1, 0.15) is 17.3 Å². The maximum absolute atomic E-state index is 12.2. The third-order valence-electron chi connectivity index (χ3n) is 3.51. The summed E-state index contributed by atoms with van der Waals surface area (Å²) < 4.78 is 6.38. The van der Waals surface area contributed by atoms with E-state index in [2.05, 4.69) is 10.3 Å². The molecule has 0 atom stereocenters. The normalized spacial score (nSPS) is 10.6. The zero-order chi connectivity index (χ0) is 19.2. The lowest BCUT2D eigenvalue weighted by molar-refractivity contribution is -0.113. The van der Waals surface area contributed by atoms with Gasteiger partial charge in [-0.1, -0.05) is 42.1 Å². The molecule has 0 saturated heterocycles. The number of esters is 1. The summed E-state index contributed by atoms with van der Waals surface area (Å²) in [6.45, 7) is 2.01. The molecule has 1 aromatic carbocycles. The number of nitrogens with two attached hydrogens (primary N) is 1. The minimum absolute atomic E-state index is 0.114. The van der Waals surface area contributed by atoms with E-state index in [0.29, 0.717) is 15.7 Å². The molecule has 0 aliphatic rings. The number of hydrogen-bond acceptors (Lipinski definition) is 7. The third kappa shape index (κ3) is 4.69. The molecule has 27 heavy (non-hydrogen) atoms. The highest BCUT2D eigenvalue weighted by molar-refractivity contribution is 7.99. The summed E-state index contributed by atoms with van der Waals surface area (Å²) in [5, 5.41) is 5.47. The van der Waals surface area contributed by atoms with Crippen molar-refractivity contribution < 1.29 is 14.3 Å². The topological polar surface area (TPSA) is 99.2 Å². The minimum Gasteiger partial charge on any atom is -0.462 e. The number of thiophene rings is 1. The number of benzene rings is 1. The van der Waals surface area contributed by atoms with Gasteiger partial charge in [0.25, 0.3) is 0 Å². The summed E-state index contributed by atoms with van der Waals surface area (Å²) >= 11 is 2.49. The highest BCUT2D eigenvalue weighted by Crippen LogP contribution is 2.26. The van der Waals surface area contributed by atoms with Gasteiger partial charge in [0.2, 0.25) is 5.91 Å². The Kier molecular flexibility index (Phi) is 6.15. The molecule has 0 saturated carbocycles. The molecule has 0 fully saturated rings. The highest BCUT2D eigenvalue weighted by Gasteiger charge is 2.17. The smallest absolute Gasteiger partial charge is 0.341 e. The number of aromatic nitrogens is 2. The molecule has 0 aliphatic carbocycles. The van der Waals surface area contributed by atoms with E-state index < -0.39 is 5.97 Å². The molecule has 3 N–H and O–H groups in total. The molecule has 0 unspecified atom stereocenters. The summed E-state index contributed by atoms with van der Waals surface area (Å²) in [7, 11) is 0. The SMILES string of the molecule is CCOC(=O)c1ccsc1NC(=O)CSc1nc(-c2ccccc2)cn1N. The molecule has 0 bridgehead atoms. The van der Waals surface area contributed by atoms with Gasteiger partial charge in [-0.3, -0.25) is 4.79 Å². The number of carbonyl (C=O) groups excluding carboxylic acids is 2. The van der Waals surface area contributed by atoms with Gasteiger partial charge in [-0.05, 0) is 18.4 Å². The lowest BCUT2D eigenvalue weighted by atomic mass is 10.2. The van der Waals surface area contributed by atoms with Crippen molar-refractivity contribution in [2.75, 3.05) is 23.5 Å². The van der Waals surface area contributed by atoms with Crippen molar-refractivity contribution in [3.05, 3.63) is 53.5 Å². The number of carbonyl (C=O) groups is 2. The van der Waals surface area contributed by atoms with E-state index in [1.165, 1.54) is 27.8 Å². The molecule has 3 rings (SSSR count). The second-order valence-electron chi connectivity index (χ2n) is 5.40. The van der Waals surface area contributed by atoms with E-state index in [9.17, 15) is 9.59 Å². The molecule has 7 nitrogen and oxygen atoms in total. The number of hydrogen-bond donors (Lipinski definition) is 2. The van der Waals surface area contributed by atoms with Gasteiger partial charge in [0, 0.05) is 5.56 Å². The molecular formula is C18H18N4O3S2. The zero-order valence-corrected chi connectivity index (χ0v) is 16.2. The van der Waals surface area contributed by atoms with Gasteiger partial charge in [0.1, 0.15) is 5.00 Å². The fourth-order valence-corrected chi connectivity index (χ4v) is 3.79. The van der Waals surface area contributed by atoms with E-state index >= 15 is 0 Å².